The van der Waals surface area contributed by atoms with Crippen molar-refractivity contribution >= 4 is 17.9 Å². The zero-order chi connectivity index (χ0) is 24.1. The molecule has 0 radical (unpaired) electrons. The Morgan fingerprint density at radius 1 is 1.00 bits per heavy atom. The third kappa shape index (κ3) is 8.69. The summed E-state index contributed by atoms with van der Waals surface area (Å²) < 4.78 is 10.7. The maximum atomic E-state index is 12.0. The predicted molar refractivity (Wildman–Crippen MR) is 128 cm³/mol. The number of aryl methyl sites for hydroxylation is 1. The number of hydrogen-bond acceptors (Lipinski definition) is 5. The van der Waals surface area contributed by atoms with E-state index in [0.717, 1.165) is 25.1 Å². The molecule has 2 atom stereocenters. The van der Waals surface area contributed by atoms with E-state index in [0.29, 0.717) is 18.4 Å². The van der Waals surface area contributed by atoms with Crippen LogP contribution in [0.1, 0.15) is 79.0 Å². The van der Waals surface area contributed by atoms with Gasteiger partial charge in [0.15, 0.2) is 0 Å². The van der Waals surface area contributed by atoms with Crippen molar-refractivity contribution in [3.63, 3.8) is 0 Å². The second-order valence-electron chi connectivity index (χ2n) is 10.9. The fourth-order valence-electron chi connectivity index (χ4n) is 3.69. The van der Waals surface area contributed by atoms with Crippen LogP contribution in [0.15, 0.2) is 18.2 Å². The average molecular weight is 448 g/mol. The second-order valence-corrected chi connectivity index (χ2v) is 10.9. The van der Waals surface area contributed by atoms with Crippen molar-refractivity contribution in [3.05, 3.63) is 29.3 Å². The Kier molecular flexibility index (Phi) is 8.57. The first-order chi connectivity index (χ1) is 14.7. The van der Waals surface area contributed by atoms with Crippen molar-refractivity contribution in [1.29, 1.82) is 0 Å². The third-order valence-corrected chi connectivity index (χ3v) is 5.34. The van der Waals surface area contributed by atoms with Crippen LogP contribution < -0.4 is 16.0 Å². The number of ether oxygens (including phenoxy) is 2. The molecule has 1 aliphatic rings. The van der Waals surface area contributed by atoms with Crippen molar-refractivity contribution in [2.45, 2.75) is 85.5 Å². The number of amides is 2. The molecular weight excluding hydrogens is 406 g/mol. The van der Waals surface area contributed by atoms with E-state index in [1.807, 2.05) is 53.7 Å². The molecule has 0 bridgehead atoms. The minimum atomic E-state index is -0.527. The standard InChI is InChI=1S/C25H41N3O4/c1-16(2)18(15-27-22(29)31-24(3,4)5)14-26-21-12-9-17-13-19(10-11-20(17)21)28-23(30)32-25(6,7)8/h10-11,13,16,18,21,26H,9,12,14-15H2,1-8H3,(H,27,29)(H,28,30). The number of fused-ring (bicyclic) bond motifs is 1. The number of alkyl carbamates (subject to hydrolysis) is 1. The fourth-order valence-corrected chi connectivity index (χ4v) is 3.69. The molecule has 7 nitrogen and oxygen atoms in total. The molecule has 2 rings (SSSR count). The van der Waals surface area contributed by atoms with E-state index < -0.39 is 17.3 Å². The molecule has 0 fully saturated rings. The molecule has 0 aliphatic heterocycles. The van der Waals surface area contributed by atoms with Gasteiger partial charge in [0, 0.05) is 24.8 Å². The average Bonchev–Trinajstić information content (AvgIpc) is 3.00. The minimum Gasteiger partial charge on any atom is -0.444 e. The van der Waals surface area contributed by atoms with Crippen LogP contribution in [0.3, 0.4) is 0 Å². The normalized spacial score (nSPS) is 17.0. The number of carbonyl (C=O) groups is 2. The molecule has 0 aromatic heterocycles. The number of anilines is 1. The van der Waals surface area contributed by atoms with Crippen LogP contribution in [-0.2, 0) is 15.9 Å². The molecule has 2 unspecified atom stereocenters. The van der Waals surface area contributed by atoms with Gasteiger partial charge in [-0.05, 0) is 89.5 Å². The highest BCUT2D eigenvalue weighted by molar-refractivity contribution is 5.85. The van der Waals surface area contributed by atoms with E-state index in [4.69, 9.17) is 9.47 Å². The molecule has 7 heteroatoms. The number of nitrogens with one attached hydrogen (secondary N) is 3. The molecular formula is C25H41N3O4. The minimum absolute atomic E-state index is 0.267. The number of rotatable bonds is 7. The highest BCUT2D eigenvalue weighted by Crippen LogP contribution is 2.33. The molecule has 1 aliphatic carbocycles. The maximum absolute atomic E-state index is 12.0. The highest BCUT2D eigenvalue weighted by Gasteiger charge is 2.25. The molecule has 1 aromatic carbocycles. The van der Waals surface area contributed by atoms with Crippen LogP contribution >= 0.6 is 0 Å². The molecule has 2 amide bonds. The van der Waals surface area contributed by atoms with Crippen molar-refractivity contribution in [3.8, 4) is 0 Å². The van der Waals surface area contributed by atoms with Crippen molar-refractivity contribution in [2.75, 3.05) is 18.4 Å². The number of hydrogen-bond donors (Lipinski definition) is 3. The Balaban J connectivity index is 1.90. The van der Waals surface area contributed by atoms with Gasteiger partial charge in [0.05, 0.1) is 0 Å². The van der Waals surface area contributed by atoms with Gasteiger partial charge in [0.1, 0.15) is 11.2 Å². The molecule has 0 spiro atoms. The van der Waals surface area contributed by atoms with Crippen LogP contribution in [0.25, 0.3) is 0 Å². The monoisotopic (exact) mass is 447 g/mol. The summed E-state index contributed by atoms with van der Waals surface area (Å²) in [6.45, 7) is 16.8. The summed E-state index contributed by atoms with van der Waals surface area (Å²) in [6, 6.07) is 6.30. The third-order valence-electron chi connectivity index (χ3n) is 5.34. The molecule has 3 N–H and O–H groups in total. The zero-order valence-electron chi connectivity index (χ0n) is 20.9. The van der Waals surface area contributed by atoms with E-state index >= 15 is 0 Å². The molecule has 0 saturated heterocycles. The smallest absolute Gasteiger partial charge is 0.412 e. The topological polar surface area (TPSA) is 88.7 Å². The Labute approximate surface area is 193 Å². The van der Waals surface area contributed by atoms with E-state index in [1.165, 1.54) is 11.1 Å². The lowest BCUT2D eigenvalue weighted by atomic mass is 9.95. The summed E-state index contributed by atoms with van der Waals surface area (Å²) in [5, 5.41) is 9.40. The van der Waals surface area contributed by atoms with Crippen LogP contribution in [0.4, 0.5) is 15.3 Å². The van der Waals surface area contributed by atoms with Crippen molar-refractivity contribution in [1.82, 2.24) is 10.6 Å². The lowest BCUT2D eigenvalue weighted by Crippen LogP contribution is -2.40. The Bertz CT molecular complexity index is 793. The largest absolute Gasteiger partial charge is 0.444 e. The van der Waals surface area contributed by atoms with Gasteiger partial charge in [-0.25, -0.2) is 9.59 Å². The van der Waals surface area contributed by atoms with Gasteiger partial charge in [-0.3, -0.25) is 5.32 Å². The first-order valence-corrected chi connectivity index (χ1v) is 11.6. The Hall–Kier alpha value is -2.28. The first-order valence-electron chi connectivity index (χ1n) is 11.6. The van der Waals surface area contributed by atoms with Gasteiger partial charge in [-0.1, -0.05) is 19.9 Å². The molecule has 32 heavy (non-hydrogen) atoms. The van der Waals surface area contributed by atoms with Crippen LogP contribution in [-0.4, -0.2) is 36.5 Å². The SMILES string of the molecule is CC(C)C(CNC(=O)OC(C)(C)C)CNC1CCc2cc(NC(=O)OC(C)(C)C)ccc21. The van der Waals surface area contributed by atoms with E-state index in [-0.39, 0.29) is 12.1 Å². The Morgan fingerprint density at radius 2 is 1.62 bits per heavy atom. The summed E-state index contributed by atoms with van der Waals surface area (Å²) in [4.78, 5) is 24.0. The summed E-state index contributed by atoms with van der Waals surface area (Å²) in [5.74, 6) is 0.707. The van der Waals surface area contributed by atoms with E-state index in [2.05, 4.69) is 35.9 Å². The molecule has 1 aromatic rings. The summed E-state index contributed by atoms with van der Waals surface area (Å²) in [6.07, 6.45) is 1.15. The lowest BCUT2D eigenvalue weighted by molar-refractivity contribution is 0.0513. The number of carbonyl (C=O) groups excluding carboxylic acids is 2. The molecule has 0 heterocycles. The van der Waals surface area contributed by atoms with Gasteiger partial charge >= 0.3 is 12.2 Å². The van der Waals surface area contributed by atoms with Crippen LogP contribution in [0, 0.1) is 11.8 Å². The van der Waals surface area contributed by atoms with Gasteiger partial charge in [0.2, 0.25) is 0 Å². The van der Waals surface area contributed by atoms with Crippen molar-refractivity contribution < 1.29 is 19.1 Å². The second kappa shape index (κ2) is 10.6. The lowest BCUT2D eigenvalue weighted by Gasteiger charge is -2.26. The summed E-state index contributed by atoms with van der Waals surface area (Å²) in [5.41, 5.74) is 2.23. The Morgan fingerprint density at radius 3 is 2.22 bits per heavy atom. The van der Waals surface area contributed by atoms with Gasteiger partial charge in [-0.2, -0.15) is 0 Å². The summed E-state index contributed by atoms with van der Waals surface area (Å²) >= 11 is 0. The van der Waals surface area contributed by atoms with E-state index in [1.54, 1.807) is 0 Å². The zero-order valence-corrected chi connectivity index (χ0v) is 20.9. The van der Waals surface area contributed by atoms with Crippen LogP contribution in [0.5, 0.6) is 0 Å². The fraction of sp³-hybridized carbons (Fsp3) is 0.680. The highest BCUT2D eigenvalue weighted by atomic mass is 16.6. The van der Waals surface area contributed by atoms with Gasteiger partial charge in [-0.15, -0.1) is 0 Å². The first kappa shape index (κ1) is 26.0. The van der Waals surface area contributed by atoms with E-state index in [9.17, 15) is 9.59 Å². The van der Waals surface area contributed by atoms with Crippen LogP contribution in [0.2, 0.25) is 0 Å². The number of benzene rings is 1. The predicted octanol–water partition coefficient (Wildman–Crippen LogP) is 5.41. The molecule has 180 valence electrons. The summed E-state index contributed by atoms with van der Waals surface area (Å²) in [7, 11) is 0. The van der Waals surface area contributed by atoms with Crippen molar-refractivity contribution in [2.24, 2.45) is 11.8 Å². The molecule has 0 saturated carbocycles. The van der Waals surface area contributed by atoms with Gasteiger partial charge in [0.25, 0.3) is 0 Å². The van der Waals surface area contributed by atoms with Gasteiger partial charge < -0.3 is 20.1 Å². The quantitative estimate of drug-likeness (QED) is 0.520. The maximum Gasteiger partial charge on any atom is 0.412 e.